The minimum absolute atomic E-state index is 0.0832. The lowest BCUT2D eigenvalue weighted by molar-refractivity contribution is 0.0908. The first-order chi connectivity index (χ1) is 15.7. The summed E-state index contributed by atoms with van der Waals surface area (Å²) < 4.78 is 11.2. The van der Waals surface area contributed by atoms with Gasteiger partial charge in [-0.25, -0.2) is 4.98 Å². The van der Waals surface area contributed by atoms with E-state index in [0.717, 1.165) is 43.8 Å². The van der Waals surface area contributed by atoms with Crippen LogP contribution in [0.2, 0.25) is 0 Å². The molecule has 6 nitrogen and oxygen atoms in total. The minimum Gasteiger partial charge on any atom is -0.496 e. The van der Waals surface area contributed by atoms with E-state index >= 15 is 0 Å². The molecule has 1 fully saturated rings. The number of ether oxygens (including phenoxy) is 2. The molecular formula is C26H29N3O3. The van der Waals surface area contributed by atoms with Crippen molar-refractivity contribution >= 4 is 5.91 Å². The number of pyridine rings is 1. The van der Waals surface area contributed by atoms with Crippen molar-refractivity contribution in [2.75, 3.05) is 20.2 Å². The van der Waals surface area contributed by atoms with Crippen LogP contribution < -0.4 is 14.8 Å². The van der Waals surface area contributed by atoms with E-state index in [1.165, 1.54) is 5.56 Å². The Morgan fingerprint density at radius 2 is 1.81 bits per heavy atom. The third kappa shape index (κ3) is 5.86. The quantitative estimate of drug-likeness (QED) is 0.583. The zero-order valence-corrected chi connectivity index (χ0v) is 18.4. The Bertz CT molecular complexity index is 1020. The average molecular weight is 432 g/mol. The number of carbonyl (C=O) groups is 1. The van der Waals surface area contributed by atoms with Gasteiger partial charge in [0.25, 0.3) is 5.91 Å². The molecule has 0 radical (unpaired) electrons. The minimum atomic E-state index is -0.0832. The Balaban J connectivity index is 1.26. The van der Waals surface area contributed by atoms with Gasteiger partial charge in [-0.1, -0.05) is 48.5 Å². The van der Waals surface area contributed by atoms with E-state index in [2.05, 4.69) is 21.3 Å². The van der Waals surface area contributed by atoms with Gasteiger partial charge in [0, 0.05) is 49.1 Å². The van der Waals surface area contributed by atoms with Crippen LogP contribution >= 0.6 is 0 Å². The number of rotatable bonds is 8. The largest absolute Gasteiger partial charge is 0.496 e. The number of nitrogens with zero attached hydrogens (tertiary/aromatic N) is 2. The van der Waals surface area contributed by atoms with Gasteiger partial charge in [-0.3, -0.25) is 9.69 Å². The number of piperidine rings is 1. The van der Waals surface area contributed by atoms with Crippen LogP contribution in [0.1, 0.15) is 34.3 Å². The van der Waals surface area contributed by atoms with E-state index in [0.29, 0.717) is 18.1 Å². The summed E-state index contributed by atoms with van der Waals surface area (Å²) in [6.45, 7) is 3.15. The van der Waals surface area contributed by atoms with Crippen molar-refractivity contribution in [2.24, 2.45) is 0 Å². The van der Waals surface area contributed by atoms with Gasteiger partial charge in [-0.2, -0.15) is 0 Å². The van der Waals surface area contributed by atoms with Crippen LogP contribution in [0.15, 0.2) is 72.9 Å². The number of aromatic nitrogens is 1. The SMILES string of the molecule is COc1ccccc1CN1CCC(NC(=O)c2ccnc(OCc3ccccc3)c2)CC1. The Kier molecular flexibility index (Phi) is 7.35. The normalized spacial score (nSPS) is 14.7. The lowest BCUT2D eigenvalue weighted by Gasteiger charge is -2.32. The molecule has 0 saturated carbocycles. The van der Waals surface area contributed by atoms with Crippen LogP contribution in [0.5, 0.6) is 11.6 Å². The first-order valence-corrected chi connectivity index (χ1v) is 11.0. The van der Waals surface area contributed by atoms with Crippen molar-refractivity contribution in [1.29, 1.82) is 0 Å². The fourth-order valence-corrected chi connectivity index (χ4v) is 3.94. The number of amides is 1. The van der Waals surface area contributed by atoms with Crippen LogP contribution in [0.3, 0.4) is 0 Å². The molecule has 6 heteroatoms. The topological polar surface area (TPSA) is 63.7 Å². The Morgan fingerprint density at radius 3 is 2.59 bits per heavy atom. The van der Waals surface area contributed by atoms with Crippen molar-refractivity contribution in [2.45, 2.75) is 32.0 Å². The molecule has 2 aromatic carbocycles. The summed E-state index contributed by atoms with van der Waals surface area (Å²) in [4.78, 5) is 19.4. The number of benzene rings is 2. The third-order valence-corrected chi connectivity index (χ3v) is 5.74. The Morgan fingerprint density at radius 1 is 1.06 bits per heavy atom. The van der Waals surface area contributed by atoms with Crippen molar-refractivity contribution in [1.82, 2.24) is 15.2 Å². The second kappa shape index (κ2) is 10.8. The highest BCUT2D eigenvalue weighted by Gasteiger charge is 2.22. The van der Waals surface area contributed by atoms with Crippen molar-refractivity contribution < 1.29 is 14.3 Å². The molecule has 1 amide bonds. The van der Waals surface area contributed by atoms with Crippen molar-refractivity contribution in [3.8, 4) is 11.6 Å². The molecular weight excluding hydrogens is 402 g/mol. The molecule has 166 valence electrons. The first kappa shape index (κ1) is 21.8. The molecule has 0 atom stereocenters. The number of methoxy groups -OCH3 is 1. The van der Waals surface area contributed by atoms with E-state index in [1.807, 2.05) is 48.5 Å². The molecule has 1 aliphatic heterocycles. The monoisotopic (exact) mass is 431 g/mol. The summed E-state index contributed by atoms with van der Waals surface area (Å²) in [7, 11) is 1.71. The van der Waals surface area contributed by atoms with Crippen LogP contribution in [0, 0.1) is 0 Å². The number of carbonyl (C=O) groups excluding carboxylic acids is 1. The maximum atomic E-state index is 12.8. The van der Waals surface area contributed by atoms with E-state index in [-0.39, 0.29) is 11.9 Å². The van der Waals surface area contributed by atoms with Gasteiger partial charge < -0.3 is 14.8 Å². The summed E-state index contributed by atoms with van der Waals surface area (Å²) in [5.74, 6) is 1.29. The fourth-order valence-electron chi connectivity index (χ4n) is 3.94. The maximum Gasteiger partial charge on any atom is 0.251 e. The van der Waals surface area contributed by atoms with Crippen molar-refractivity contribution in [3.63, 3.8) is 0 Å². The summed E-state index contributed by atoms with van der Waals surface area (Å²) in [5.41, 5.74) is 2.82. The predicted molar refractivity (Wildman–Crippen MR) is 124 cm³/mol. The van der Waals surface area contributed by atoms with Crippen LogP contribution in [-0.4, -0.2) is 42.0 Å². The zero-order valence-electron chi connectivity index (χ0n) is 18.4. The number of para-hydroxylation sites is 1. The highest BCUT2D eigenvalue weighted by molar-refractivity contribution is 5.94. The van der Waals surface area contributed by atoms with E-state index in [1.54, 1.807) is 25.4 Å². The Labute approximate surface area is 189 Å². The molecule has 1 aromatic heterocycles. The Hall–Kier alpha value is -3.38. The number of hydrogen-bond donors (Lipinski definition) is 1. The summed E-state index contributed by atoms with van der Waals surface area (Å²) >= 11 is 0. The average Bonchev–Trinajstić information content (AvgIpc) is 2.85. The number of likely N-dealkylation sites (tertiary alicyclic amines) is 1. The van der Waals surface area contributed by atoms with Crippen LogP contribution in [0.25, 0.3) is 0 Å². The standard InChI is InChI=1S/C26H29N3O3/c1-31-24-10-6-5-9-22(24)18-29-15-12-23(13-16-29)28-26(30)21-11-14-27-25(17-21)32-19-20-7-3-2-4-8-20/h2-11,14,17,23H,12-13,15-16,18-19H2,1H3,(H,28,30). The molecule has 0 spiro atoms. The second-order valence-electron chi connectivity index (χ2n) is 7.99. The summed E-state index contributed by atoms with van der Waals surface area (Å²) in [6.07, 6.45) is 3.46. The molecule has 3 aromatic rings. The lowest BCUT2D eigenvalue weighted by atomic mass is 10.0. The molecule has 4 rings (SSSR count). The van der Waals surface area contributed by atoms with Crippen molar-refractivity contribution in [3.05, 3.63) is 89.6 Å². The fraction of sp³-hybridized carbons (Fsp3) is 0.308. The number of nitrogens with one attached hydrogen (secondary N) is 1. The molecule has 0 unspecified atom stereocenters. The second-order valence-corrected chi connectivity index (χ2v) is 7.99. The van der Waals surface area contributed by atoms with Gasteiger partial charge >= 0.3 is 0 Å². The van der Waals surface area contributed by atoms with Gasteiger partial charge in [0.05, 0.1) is 7.11 Å². The van der Waals surface area contributed by atoms with E-state index in [4.69, 9.17) is 9.47 Å². The molecule has 2 heterocycles. The predicted octanol–water partition coefficient (Wildman–Crippen LogP) is 4.06. The summed E-state index contributed by atoms with van der Waals surface area (Å²) in [5, 5.41) is 3.17. The molecule has 1 aliphatic rings. The van der Waals surface area contributed by atoms with Gasteiger partial charge in [0.1, 0.15) is 12.4 Å². The molecule has 32 heavy (non-hydrogen) atoms. The third-order valence-electron chi connectivity index (χ3n) is 5.74. The van der Waals surface area contributed by atoms with Gasteiger partial charge in [-0.05, 0) is 30.5 Å². The van der Waals surface area contributed by atoms with E-state index < -0.39 is 0 Å². The van der Waals surface area contributed by atoms with Crippen LogP contribution in [0.4, 0.5) is 0 Å². The highest BCUT2D eigenvalue weighted by atomic mass is 16.5. The molecule has 1 saturated heterocycles. The van der Waals surface area contributed by atoms with Gasteiger partial charge in [0.15, 0.2) is 0 Å². The van der Waals surface area contributed by atoms with Gasteiger partial charge in [0.2, 0.25) is 5.88 Å². The molecule has 0 bridgehead atoms. The van der Waals surface area contributed by atoms with Crippen LogP contribution in [-0.2, 0) is 13.2 Å². The summed E-state index contributed by atoms with van der Waals surface area (Å²) in [6, 6.07) is 21.6. The molecule has 1 N–H and O–H groups in total. The first-order valence-electron chi connectivity index (χ1n) is 11.0. The van der Waals surface area contributed by atoms with Gasteiger partial charge in [-0.15, -0.1) is 0 Å². The zero-order chi connectivity index (χ0) is 22.2. The van der Waals surface area contributed by atoms with E-state index in [9.17, 15) is 4.79 Å². The molecule has 0 aliphatic carbocycles. The lowest BCUT2D eigenvalue weighted by Crippen LogP contribution is -2.44. The maximum absolute atomic E-state index is 12.8. The number of hydrogen-bond acceptors (Lipinski definition) is 5. The highest BCUT2D eigenvalue weighted by Crippen LogP contribution is 2.22. The smallest absolute Gasteiger partial charge is 0.251 e.